The van der Waals surface area contributed by atoms with Gasteiger partial charge in [0.2, 0.25) is 5.78 Å². The summed E-state index contributed by atoms with van der Waals surface area (Å²) < 4.78 is 0. The molecule has 0 heterocycles. The topological polar surface area (TPSA) is 53.3 Å². The van der Waals surface area contributed by atoms with E-state index in [-0.39, 0.29) is 5.78 Å². The number of allylic oxidation sites excluding steroid dienone is 5. The lowest BCUT2D eigenvalue weighted by Gasteiger charge is -2.07. The Bertz CT molecular complexity index is 675. The highest BCUT2D eigenvalue weighted by atomic mass is 16.1. The molecule has 3 heteroatoms. The highest BCUT2D eigenvalue weighted by Gasteiger charge is 2.29. The third-order valence-electron chi connectivity index (χ3n) is 3.65. The van der Waals surface area contributed by atoms with Crippen LogP contribution in [0.25, 0.3) is 0 Å². The summed E-state index contributed by atoms with van der Waals surface area (Å²) in [6.07, 6.45) is 7.14. The van der Waals surface area contributed by atoms with Crippen LogP contribution < -0.4 is 0 Å². The van der Waals surface area contributed by atoms with Crippen molar-refractivity contribution in [2.24, 2.45) is 4.99 Å². The summed E-state index contributed by atoms with van der Waals surface area (Å²) in [7, 11) is 0. The Hall–Kier alpha value is -2.21. The molecule has 0 aromatic rings. The summed E-state index contributed by atoms with van der Waals surface area (Å²) in [4.78, 5) is 16.7. The van der Waals surface area contributed by atoms with E-state index >= 15 is 0 Å². The molecule has 0 aromatic heterocycles. The molecule has 0 radical (unpaired) electrons. The lowest BCUT2D eigenvalue weighted by atomic mass is 9.97. The molecule has 0 aliphatic heterocycles. The monoisotopic (exact) mass is 250 g/mol. The van der Waals surface area contributed by atoms with E-state index < -0.39 is 0 Å². The molecule has 0 spiro atoms. The summed E-state index contributed by atoms with van der Waals surface area (Å²) in [5.74, 6) is 5.80. The van der Waals surface area contributed by atoms with Crippen molar-refractivity contribution in [1.29, 1.82) is 5.41 Å². The van der Waals surface area contributed by atoms with Crippen molar-refractivity contribution in [3.63, 3.8) is 0 Å². The Morgan fingerprint density at radius 2 is 2.21 bits per heavy atom. The van der Waals surface area contributed by atoms with Crippen LogP contribution in [-0.4, -0.2) is 17.2 Å². The zero-order valence-corrected chi connectivity index (χ0v) is 10.8. The summed E-state index contributed by atoms with van der Waals surface area (Å²) >= 11 is 0. The van der Waals surface area contributed by atoms with Gasteiger partial charge >= 0.3 is 0 Å². The van der Waals surface area contributed by atoms with Gasteiger partial charge < -0.3 is 5.41 Å². The van der Waals surface area contributed by atoms with Gasteiger partial charge in [0.15, 0.2) is 0 Å². The maximum Gasteiger partial charge on any atom is 0.211 e. The van der Waals surface area contributed by atoms with Crippen LogP contribution in [0.1, 0.15) is 32.6 Å². The molecule has 94 valence electrons. The van der Waals surface area contributed by atoms with Gasteiger partial charge in [0.05, 0.1) is 5.71 Å². The third kappa shape index (κ3) is 1.90. The first-order valence-corrected chi connectivity index (χ1v) is 6.49. The van der Waals surface area contributed by atoms with E-state index in [9.17, 15) is 4.79 Å². The second kappa shape index (κ2) is 4.47. The fourth-order valence-electron chi connectivity index (χ4n) is 2.58. The number of carbonyl (C=O) groups is 1. The minimum absolute atomic E-state index is 0.0175. The van der Waals surface area contributed by atoms with Crippen LogP contribution in [0.2, 0.25) is 0 Å². The van der Waals surface area contributed by atoms with Crippen molar-refractivity contribution in [3.05, 3.63) is 34.6 Å². The molecule has 0 fully saturated rings. The van der Waals surface area contributed by atoms with E-state index in [0.717, 1.165) is 29.6 Å². The molecule has 3 nitrogen and oxygen atoms in total. The quantitative estimate of drug-likeness (QED) is 0.715. The highest BCUT2D eigenvalue weighted by Crippen LogP contribution is 2.36. The molecule has 1 N–H and O–H groups in total. The zero-order chi connectivity index (χ0) is 13.4. The van der Waals surface area contributed by atoms with Gasteiger partial charge in [-0.1, -0.05) is 18.1 Å². The second-order valence-electron chi connectivity index (χ2n) is 4.88. The van der Waals surface area contributed by atoms with Crippen LogP contribution in [0.4, 0.5) is 0 Å². The first-order valence-electron chi connectivity index (χ1n) is 6.49. The van der Waals surface area contributed by atoms with Gasteiger partial charge in [0, 0.05) is 18.4 Å². The van der Waals surface area contributed by atoms with Crippen molar-refractivity contribution in [1.82, 2.24) is 0 Å². The number of hydrogen-bond acceptors (Lipinski definition) is 3. The number of ketones is 1. The zero-order valence-electron chi connectivity index (χ0n) is 10.8. The third-order valence-corrected chi connectivity index (χ3v) is 3.65. The molecule has 0 saturated heterocycles. The van der Waals surface area contributed by atoms with Crippen molar-refractivity contribution in [2.45, 2.75) is 32.6 Å². The maximum absolute atomic E-state index is 12.3. The Balaban J connectivity index is 2.03. The standard InChI is InChI=1S/C16H14N2O/c1-10-11-6-2-3-7-12(11)16(19)15(10)18-14-9-5-4-8-13(14)17/h3,7,17H,2,4,6,8H2,1H3. The molecule has 0 bridgehead atoms. The Labute approximate surface area is 112 Å². The van der Waals surface area contributed by atoms with Gasteiger partial charge in [0.25, 0.3) is 0 Å². The molecule has 3 aliphatic carbocycles. The molecule has 0 saturated carbocycles. The smallest absolute Gasteiger partial charge is 0.211 e. The van der Waals surface area contributed by atoms with Crippen LogP contribution in [0, 0.1) is 17.3 Å². The van der Waals surface area contributed by atoms with Crippen LogP contribution in [0.5, 0.6) is 0 Å². The average molecular weight is 250 g/mol. The predicted molar refractivity (Wildman–Crippen MR) is 75.3 cm³/mol. The van der Waals surface area contributed by atoms with Gasteiger partial charge in [-0.25, -0.2) is 4.99 Å². The molecule has 19 heavy (non-hydrogen) atoms. The summed E-state index contributed by atoms with van der Waals surface area (Å²) in [6.45, 7) is 1.94. The van der Waals surface area contributed by atoms with Gasteiger partial charge in [-0.05, 0) is 36.8 Å². The largest absolute Gasteiger partial charge is 0.302 e. The summed E-state index contributed by atoms with van der Waals surface area (Å²) in [5, 5.41) is 7.85. The summed E-state index contributed by atoms with van der Waals surface area (Å²) in [5.41, 5.74) is 4.22. The van der Waals surface area contributed by atoms with Crippen LogP contribution in [-0.2, 0) is 4.79 Å². The normalized spacial score (nSPS) is 23.9. The fourth-order valence-corrected chi connectivity index (χ4v) is 2.58. The lowest BCUT2D eigenvalue weighted by molar-refractivity contribution is -0.111. The van der Waals surface area contributed by atoms with E-state index in [2.05, 4.69) is 16.8 Å². The van der Waals surface area contributed by atoms with E-state index in [1.54, 1.807) is 0 Å². The first-order chi connectivity index (χ1) is 9.18. The first kappa shape index (κ1) is 11.9. The van der Waals surface area contributed by atoms with Crippen molar-refractivity contribution < 1.29 is 4.79 Å². The number of nitrogens with one attached hydrogen (secondary N) is 1. The van der Waals surface area contributed by atoms with Crippen molar-refractivity contribution >= 4 is 17.2 Å². The number of rotatable bonds is 1. The minimum Gasteiger partial charge on any atom is -0.302 e. The molecular weight excluding hydrogens is 236 g/mol. The fraction of sp³-hybridized carbons (Fsp3) is 0.312. The molecule has 0 aromatic carbocycles. The number of hydrogen-bond donors (Lipinski definition) is 1. The minimum atomic E-state index is -0.0175. The van der Waals surface area contributed by atoms with Gasteiger partial charge in [-0.3, -0.25) is 4.79 Å². The van der Waals surface area contributed by atoms with E-state index in [4.69, 9.17) is 5.41 Å². The predicted octanol–water partition coefficient (Wildman–Crippen LogP) is 2.75. The molecular formula is C16H14N2O. The molecule has 3 rings (SSSR count). The van der Waals surface area contributed by atoms with E-state index in [0.29, 0.717) is 30.0 Å². The maximum atomic E-state index is 12.3. The molecule has 3 aliphatic rings. The van der Waals surface area contributed by atoms with Crippen LogP contribution in [0.3, 0.4) is 0 Å². The van der Waals surface area contributed by atoms with E-state index in [1.807, 2.05) is 19.1 Å². The summed E-state index contributed by atoms with van der Waals surface area (Å²) in [6, 6.07) is 0. The van der Waals surface area contributed by atoms with Gasteiger partial charge in [-0.2, -0.15) is 0 Å². The SMILES string of the molecule is CC1=C(N=C2C#CCCC2=N)C(=O)C2=C1CCC=C2. The van der Waals surface area contributed by atoms with Gasteiger partial charge in [0.1, 0.15) is 11.4 Å². The number of carbonyl (C=O) groups excluding carboxylic acids is 1. The molecule has 0 atom stereocenters. The number of aliphatic imine (C=N–C) groups is 1. The van der Waals surface area contributed by atoms with Crippen LogP contribution in [0.15, 0.2) is 39.6 Å². The molecule has 0 unspecified atom stereocenters. The van der Waals surface area contributed by atoms with E-state index in [1.165, 1.54) is 0 Å². The van der Waals surface area contributed by atoms with Crippen molar-refractivity contribution in [2.75, 3.05) is 0 Å². The highest BCUT2D eigenvalue weighted by molar-refractivity contribution is 6.49. The number of nitrogens with zero attached hydrogens (tertiary/aromatic N) is 1. The average Bonchev–Trinajstić information content (AvgIpc) is 2.67. The number of Topliss-reactive ketones (excluding diaryl/α,β-unsaturated/α-hetero) is 1. The lowest BCUT2D eigenvalue weighted by Crippen LogP contribution is -2.15. The molecule has 0 amide bonds. The Kier molecular flexibility index (Phi) is 2.79. The van der Waals surface area contributed by atoms with Gasteiger partial charge in [-0.15, -0.1) is 0 Å². The van der Waals surface area contributed by atoms with Crippen LogP contribution >= 0.6 is 0 Å². The van der Waals surface area contributed by atoms with Crippen molar-refractivity contribution in [3.8, 4) is 11.8 Å². The second-order valence-corrected chi connectivity index (χ2v) is 4.88. The Morgan fingerprint density at radius 3 is 2.95 bits per heavy atom. The Morgan fingerprint density at radius 1 is 1.37 bits per heavy atom.